The molecule has 59 heavy (non-hydrogen) atoms. The van der Waals surface area contributed by atoms with Gasteiger partial charge in [0.25, 0.3) is 0 Å². The Bertz CT molecular complexity index is 2950. The summed E-state index contributed by atoms with van der Waals surface area (Å²) in [4.78, 5) is 2.39. The fraction of sp³-hybridized carbons (Fsp3) is 0.127. The van der Waals surface area contributed by atoms with E-state index in [1.807, 2.05) is 0 Å². The third-order valence-electron chi connectivity index (χ3n) is 12.1. The lowest BCUT2D eigenvalue weighted by atomic mass is 9.70. The molecule has 0 atom stereocenters. The lowest BCUT2D eigenvalue weighted by Crippen LogP contribution is -2.26. The fourth-order valence-electron chi connectivity index (χ4n) is 9.94. The molecule has 0 aliphatic heterocycles. The van der Waals surface area contributed by atoms with E-state index in [-0.39, 0.29) is 12.2 Å². The maximum absolute atomic E-state index is 6.42. The van der Waals surface area contributed by atoms with Gasteiger partial charge in [0.1, 0.15) is 11.5 Å². The average Bonchev–Trinajstić information content (AvgIpc) is 3.85. The van der Waals surface area contributed by atoms with Crippen molar-refractivity contribution >= 4 is 38.9 Å². The SMILES string of the molecule is CC(C)Oc1ccc2c(c1)C1(c3ccccc3-c3ccc(N(c4ccccc4)c4ccc(-n5c6ccccc6c6ccccc65)cc4)cc31)c1cc(OC(C)C)ccc1-2. The standard InChI is InChI=1S/C55H44N2O2/c1-35(2)58-41-27-30-45-46-31-28-42(59-36(3)4)34-52(46)55(51(45)33-41)49-19-11-8-16-43(49)44-29-26-40(32-50(44)55)56(37-14-6-5-7-15-37)38-22-24-39(25-23-38)57-53-20-12-9-17-47(53)48-18-10-13-21-54(48)57/h5-36H,1-4H3. The summed E-state index contributed by atoms with van der Waals surface area (Å²) < 4.78 is 15.2. The maximum atomic E-state index is 6.42. The molecule has 1 aromatic heterocycles. The number of rotatable bonds is 8. The van der Waals surface area contributed by atoms with Crippen molar-refractivity contribution in [3.63, 3.8) is 0 Å². The second-order valence-electron chi connectivity index (χ2n) is 16.3. The van der Waals surface area contributed by atoms with E-state index in [2.05, 4.69) is 219 Å². The monoisotopic (exact) mass is 764 g/mol. The molecule has 0 fully saturated rings. The van der Waals surface area contributed by atoms with Gasteiger partial charge in [-0.3, -0.25) is 0 Å². The summed E-state index contributed by atoms with van der Waals surface area (Å²) in [5.41, 5.74) is 16.1. The summed E-state index contributed by atoms with van der Waals surface area (Å²) in [5, 5.41) is 2.51. The second-order valence-corrected chi connectivity index (χ2v) is 16.3. The van der Waals surface area contributed by atoms with Gasteiger partial charge in [-0.15, -0.1) is 0 Å². The first-order valence-electron chi connectivity index (χ1n) is 20.7. The molecule has 11 rings (SSSR count). The zero-order valence-electron chi connectivity index (χ0n) is 33.7. The number of para-hydroxylation sites is 3. The summed E-state index contributed by atoms with van der Waals surface area (Å²) in [6.45, 7) is 8.36. The van der Waals surface area contributed by atoms with E-state index in [1.54, 1.807) is 0 Å². The van der Waals surface area contributed by atoms with E-state index in [9.17, 15) is 0 Å². The van der Waals surface area contributed by atoms with Crippen molar-refractivity contribution in [2.45, 2.75) is 45.3 Å². The minimum absolute atomic E-state index is 0.0503. The van der Waals surface area contributed by atoms with E-state index < -0.39 is 5.41 Å². The third-order valence-corrected chi connectivity index (χ3v) is 12.1. The highest BCUT2D eigenvalue weighted by molar-refractivity contribution is 6.09. The number of ether oxygens (including phenoxy) is 2. The molecule has 0 saturated heterocycles. The van der Waals surface area contributed by atoms with Crippen molar-refractivity contribution in [2.75, 3.05) is 4.90 Å². The van der Waals surface area contributed by atoms with Crippen LogP contribution in [0.3, 0.4) is 0 Å². The summed E-state index contributed by atoms with van der Waals surface area (Å²) in [7, 11) is 0. The van der Waals surface area contributed by atoms with E-state index in [1.165, 1.54) is 66.3 Å². The minimum Gasteiger partial charge on any atom is -0.491 e. The van der Waals surface area contributed by atoms with Crippen LogP contribution in [-0.2, 0) is 5.41 Å². The number of hydrogen-bond acceptors (Lipinski definition) is 3. The number of benzene rings is 8. The first-order chi connectivity index (χ1) is 28.9. The molecule has 9 aromatic rings. The predicted molar refractivity (Wildman–Crippen MR) is 243 cm³/mol. The molecule has 4 nitrogen and oxygen atoms in total. The van der Waals surface area contributed by atoms with Gasteiger partial charge in [-0.1, -0.05) is 97.1 Å². The van der Waals surface area contributed by atoms with Gasteiger partial charge in [0.2, 0.25) is 0 Å². The van der Waals surface area contributed by atoms with Crippen molar-refractivity contribution in [1.29, 1.82) is 0 Å². The van der Waals surface area contributed by atoms with Gasteiger partial charge in [0, 0.05) is 33.5 Å². The van der Waals surface area contributed by atoms with Gasteiger partial charge < -0.3 is 18.9 Å². The molecule has 0 amide bonds. The summed E-state index contributed by atoms with van der Waals surface area (Å²) in [6.07, 6.45) is 0.101. The fourth-order valence-corrected chi connectivity index (χ4v) is 9.94. The van der Waals surface area contributed by atoms with Gasteiger partial charge in [-0.2, -0.15) is 0 Å². The zero-order chi connectivity index (χ0) is 39.8. The van der Waals surface area contributed by atoms with Gasteiger partial charge in [0.15, 0.2) is 0 Å². The Morgan fingerprint density at radius 3 is 1.46 bits per heavy atom. The topological polar surface area (TPSA) is 26.6 Å². The van der Waals surface area contributed by atoms with Crippen molar-refractivity contribution in [2.24, 2.45) is 0 Å². The van der Waals surface area contributed by atoms with Crippen LogP contribution in [0.25, 0.3) is 49.7 Å². The Morgan fingerprint density at radius 1 is 0.407 bits per heavy atom. The Kier molecular flexibility index (Phi) is 8.06. The second kappa shape index (κ2) is 13.5. The van der Waals surface area contributed by atoms with Gasteiger partial charge in [-0.25, -0.2) is 0 Å². The quantitative estimate of drug-likeness (QED) is 0.154. The Morgan fingerprint density at radius 2 is 0.864 bits per heavy atom. The average molecular weight is 765 g/mol. The Balaban J connectivity index is 1.13. The molecule has 0 unspecified atom stereocenters. The smallest absolute Gasteiger partial charge is 0.120 e. The highest BCUT2D eigenvalue weighted by Crippen LogP contribution is 2.64. The van der Waals surface area contributed by atoms with Crippen LogP contribution in [0.2, 0.25) is 0 Å². The van der Waals surface area contributed by atoms with E-state index in [0.717, 1.165) is 34.2 Å². The summed E-state index contributed by atoms with van der Waals surface area (Å²) >= 11 is 0. The van der Waals surface area contributed by atoms with Crippen LogP contribution in [0.5, 0.6) is 11.5 Å². The summed E-state index contributed by atoms with van der Waals surface area (Å²) in [5.74, 6) is 1.75. The van der Waals surface area contributed by atoms with Gasteiger partial charge >= 0.3 is 0 Å². The first kappa shape index (κ1) is 35.1. The number of hydrogen-bond donors (Lipinski definition) is 0. The molecule has 8 aromatic carbocycles. The van der Waals surface area contributed by atoms with E-state index in [0.29, 0.717) is 0 Å². The summed E-state index contributed by atoms with van der Waals surface area (Å²) in [6, 6.07) is 66.5. The van der Waals surface area contributed by atoms with Crippen molar-refractivity contribution < 1.29 is 9.47 Å². The molecule has 2 aliphatic carbocycles. The van der Waals surface area contributed by atoms with E-state index in [4.69, 9.17) is 9.47 Å². The molecular formula is C55H44N2O2. The largest absolute Gasteiger partial charge is 0.491 e. The minimum atomic E-state index is -0.595. The molecule has 0 N–H and O–H groups in total. The van der Waals surface area contributed by atoms with Crippen LogP contribution in [-0.4, -0.2) is 16.8 Å². The van der Waals surface area contributed by atoms with Gasteiger partial charge in [0.05, 0.1) is 28.7 Å². The zero-order valence-corrected chi connectivity index (χ0v) is 33.7. The first-order valence-corrected chi connectivity index (χ1v) is 20.7. The van der Waals surface area contributed by atoms with Crippen LogP contribution >= 0.6 is 0 Å². The maximum Gasteiger partial charge on any atom is 0.120 e. The van der Waals surface area contributed by atoms with Crippen LogP contribution in [0.4, 0.5) is 17.1 Å². The highest BCUT2D eigenvalue weighted by atomic mass is 16.5. The van der Waals surface area contributed by atoms with Crippen molar-refractivity contribution in [3.8, 4) is 39.4 Å². The number of nitrogens with zero attached hydrogens (tertiary/aromatic N) is 2. The highest BCUT2D eigenvalue weighted by Gasteiger charge is 2.52. The molecule has 4 heteroatoms. The lowest BCUT2D eigenvalue weighted by Gasteiger charge is -2.32. The normalized spacial score (nSPS) is 13.2. The molecular weight excluding hydrogens is 721 g/mol. The van der Waals surface area contributed by atoms with Crippen molar-refractivity contribution in [3.05, 3.63) is 204 Å². The predicted octanol–water partition coefficient (Wildman–Crippen LogP) is 14.2. The molecule has 286 valence electrons. The molecule has 2 aliphatic rings. The van der Waals surface area contributed by atoms with Crippen LogP contribution < -0.4 is 14.4 Å². The molecule has 0 saturated carbocycles. The number of anilines is 3. The van der Waals surface area contributed by atoms with Gasteiger partial charge in [-0.05, 0) is 157 Å². The Hall–Kier alpha value is -7.04. The third kappa shape index (κ3) is 5.36. The molecule has 1 spiro atoms. The lowest BCUT2D eigenvalue weighted by molar-refractivity contribution is 0.242. The molecule has 0 radical (unpaired) electrons. The van der Waals surface area contributed by atoms with Crippen LogP contribution in [0.15, 0.2) is 182 Å². The van der Waals surface area contributed by atoms with Crippen LogP contribution in [0, 0.1) is 0 Å². The van der Waals surface area contributed by atoms with E-state index >= 15 is 0 Å². The van der Waals surface area contributed by atoms with Crippen LogP contribution in [0.1, 0.15) is 49.9 Å². The van der Waals surface area contributed by atoms with Crippen molar-refractivity contribution in [1.82, 2.24) is 4.57 Å². The number of fused-ring (bicyclic) bond motifs is 13. The number of aromatic nitrogens is 1. The molecule has 1 heterocycles. The Labute approximate surface area is 345 Å². The molecule has 0 bridgehead atoms.